The lowest BCUT2D eigenvalue weighted by atomic mass is 9.90. The Kier molecular flexibility index (Phi) is 5.69. The van der Waals surface area contributed by atoms with E-state index < -0.39 is 41.3 Å². The second-order valence-electron chi connectivity index (χ2n) is 6.86. The lowest BCUT2D eigenvalue weighted by Gasteiger charge is -2.38. The van der Waals surface area contributed by atoms with E-state index in [0.29, 0.717) is 25.5 Å². The van der Waals surface area contributed by atoms with Gasteiger partial charge >= 0.3 is 12.1 Å². The third-order valence-electron chi connectivity index (χ3n) is 4.95. The topological polar surface area (TPSA) is 40.5 Å². The van der Waals surface area contributed by atoms with Crippen molar-refractivity contribution in [1.29, 1.82) is 0 Å². The van der Waals surface area contributed by atoms with Gasteiger partial charge in [-0.3, -0.25) is 9.69 Å². The highest BCUT2D eigenvalue weighted by atomic mass is 19.4. The first kappa shape index (κ1) is 20.3. The standard InChI is InChI=1S/C20H18F5NO2/c21-15-6-7-16(17(22)10-15)18(26-8-2-4-13(11-26)19(27)28)12-3-1-5-14(9-12)20(23,24)25/h1,3,5-7,9-10,13,18H,2,4,8,11H2,(H,27,28). The van der Waals surface area contributed by atoms with Crippen molar-refractivity contribution in [3.8, 4) is 0 Å². The van der Waals surface area contributed by atoms with E-state index >= 15 is 0 Å². The highest BCUT2D eigenvalue weighted by Crippen LogP contribution is 2.37. The number of likely N-dealkylation sites (tertiary alicyclic amines) is 1. The Hall–Kier alpha value is -2.48. The van der Waals surface area contributed by atoms with Crippen molar-refractivity contribution in [3.63, 3.8) is 0 Å². The molecular weight excluding hydrogens is 381 g/mol. The van der Waals surface area contributed by atoms with Gasteiger partial charge in [-0.15, -0.1) is 0 Å². The predicted molar refractivity (Wildman–Crippen MR) is 91.6 cm³/mol. The fraction of sp³-hybridized carbons (Fsp3) is 0.350. The van der Waals surface area contributed by atoms with Crippen LogP contribution in [0.25, 0.3) is 0 Å². The minimum absolute atomic E-state index is 0.00626. The van der Waals surface area contributed by atoms with Gasteiger partial charge in [-0.25, -0.2) is 8.78 Å². The molecule has 1 N–H and O–H groups in total. The first-order valence-corrected chi connectivity index (χ1v) is 8.76. The Balaban J connectivity index is 2.08. The zero-order valence-corrected chi connectivity index (χ0v) is 14.7. The Labute approximate surface area is 158 Å². The first-order valence-electron chi connectivity index (χ1n) is 8.76. The van der Waals surface area contributed by atoms with Crippen LogP contribution < -0.4 is 0 Å². The lowest BCUT2D eigenvalue weighted by molar-refractivity contribution is -0.143. The number of nitrogens with zero attached hydrogens (tertiary/aromatic N) is 1. The molecule has 8 heteroatoms. The van der Waals surface area contributed by atoms with Crippen LogP contribution in [-0.4, -0.2) is 29.1 Å². The molecule has 0 aromatic heterocycles. The summed E-state index contributed by atoms with van der Waals surface area (Å²) in [4.78, 5) is 13.0. The van der Waals surface area contributed by atoms with Crippen LogP contribution in [-0.2, 0) is 11.0 Å². The van der Waals surface area contributed by atoms with Crippen molar-refractivity contribution in [2.45, 2.75) is 25.1 Å². The van der Waals surface area contributed by atoms with Crippen molar-refractivity contribution in [2.75, 3.05) is 13.1 Å². The van der Waals surface area contributed by atoms with Crippen molar-refractivity contribution < 1.29 is 31.9 Å². The molecule has 0 bridgehead atoms. The second kappa shape index (κ2) is 7.87. The predicted octanol–water partition coefficient (Wildman–Crippen LogP) is 4.87. The number of hydrogen-bond donors (Lipinski definition) is 1. The van der Waals surface area contributed by atoms with Crippen molar-refractivity contribution in [2.24, 2.45) is 5.92 Å². The van der Waals surface area contributed by atoms with Crippen LogP contribution in [0.1, 0.15) is 35.6 Å². The minimum Gasteiger partial charge on any atom is -0.481 e. The SMILES string of the molecule is O=C(O)C1CCCN(C(c2cccc(C(F)(F)F)c2)c2ccc(F)cc2F)C1. The number of piperidine rings is 1. The zero-order valence-electron chi connectivity index (χ0n) is 14.7. The number of halogens is 5. The number of carbonyl (C=O) groups is 1. The monoisotopic (exact) mass is 399 g/mol. The zero-order chi connectivity index (χ0) is 20.5. The largest absolute Gasteiger partial charge is 0.481 e. The molecule has 2 aromatic carbocycles. The first-order chi connectivity index (χ1) is 13.2. The number of benzene rings is 2. The smallest absolute Gasteiger partial charge is 0.416 e. The summed E-state index contributed by atoms with van der Waals surface area (Å²) in [6.45, 7) is 0.453. The fourth-order valence-corrected chi connectivity index (χ4v) is 3.64. The molecule has 1 aliphatic rings. The van der Waals surface area contributed by atoms with Crippen LogP contribution in [0.5, 0.6) is 0 Å². The molecule has 1 fully saturated rings. The summed E-state index contributed by atoms with van der Waals surface area (Å²) in [7, 11) is 0. The van der Waals surface area contributed by atoms with E-state index in [1.807, 2.05) is 0 Å². The summed E-state index contributed by atoms with van der Waals surface area (Å²) in [5.74, 6) is -3.40. The van der Waals surface area contributed by atoms with Crippen LogP contribution >= 0.6 is 0 Å². The molecule has 1 heterocycles. The van der Waals surface area contributed by atoms with E-state index in [-0.39, 0.29) is 17.7 Å². The average Bonchev–Trinajstić information content (AvgIpc) is 2.63. The minimum atomic E-state index is -4.58. The van der Waals surface area contributed by atoms with E-state index in [4.69, 9.17) is 0 Å². The summed E-state index contributed by atoms with van der Waals surface area (Å²) in [6.07, 6.45) is -3.63. The van der Waals surface area contributed by atoms with Crippen LogP contribution in [0.2, 0.25) is 0 Å². The second-order valence-corrected chi connectivity index (χ2v) is 6.86. The Morgan fingerprint density at radius 1 is 1.14 bits per heavy atom. The normalized spacial score (nSPS) is 19.4. The van der Waals surface area contributed by atoms with Gasteiger partial charge < -0.3 is 5.11 Å². The maximum absolute atomic E-state index is 14.5. The highest BCUT2D eigenvalue weighted by molar-refractivity contribution is 5.70. The lowest BCUT2D eigenvalue weighted by Crippen LogP contribution is -2.41. The molecule has 2 unspecified atom stereocenters. The number of alkyl halides is 3. The van der Waals surface area contributed by atoms with E-state index in [0.717, 1.165) is 18.2 Å². The van der Waals surface area contributed by atoms with Crippen molar-refractivity contribution >= 4 is 5.97 Å². The van der Waals surface area contributed by atoms with E-state index in [9.17, 15) is 31.9 Å². The van der Waals surface area contributed by atoms with Gasteiger partial charge in [0.25, 0.3) is 0 Å². The van der Waals surface area contributed by atoms with Crippen molar-refractivity contribution in [1.82, 2.24) is 4.90 Å². The molecule has 0 aliphatic carbocycles. The number of carboxylic acids is 1. The van der Waals surface area contributed by atoms with Crippen LogP contribution in [0.4, 0.5) is 22.0 Å². The van der Waals surface area contributed by atoms with Gasteiger partial charge in [-0.2, -0.15) is 13.2 Å². The maximum atomic E-state index is 14.5. The summed E-state index contributed by atoms with van der Waals surface area (Å²) in [5.41, 5.74) is -0.706. The average molecular weight is 399 g/mol. The molecule has 0 radical (unpaired) electrons. The number of rotatable bonds is 4. The summed E-state index contributed by atoms with van der Waals surface area (Å²) in [6, 6.07) is 6.46. The number of hydrogen-bond acceptors (Lipinski definition) is 2. The quantitative estimate of drug-likeness (QED) is 0.746. The highest BCUT2D eigenvalue weighted by Gasteiger charge is 2.35. The molecular formula is C20H18F5NO2. The molecule has 1 saturated heterocycles. The van der Waals surface area contributed by atoms with Gasteiger partial charge in [0.2, 0.25) is 0 Å². The summed E-state index contributed by atoms with van der Waals surface area (Å²) in [5, 5.41) is 9.32. The fourth-order valence-electron chi connectivity index (χ4n) is 3.64. The molecule has 150 valence electrons. The van der Waals surface area contributed by atoms with Gasteiger partial charge in [0.1, 0.15) is 11.6 Å². The molecule has 2 atom stereocenters. The van der Waals surface area contributed by atoms with Crippen LogP contribution in [0.15, 0.2) is 42.5 Å². The van der Waals surface area contributed by atoms with Gasteiger partial charge in [0, 0.05) is 18.2 Å². The number of carboxylic acid groups (broad SMARTS) is 1. The van der Waals surface area contributed by atoms with Gasteiger partial charge in [0.15, 0.2) is 0 Å². The van der Waals surface area contributed by atoms with Gasteiger partial charge in [0.05, 0.1) is 17.5 Å². The molecule has 0 amide bonds. The molecule has 1 aliphatic heterocycles. The molecule has 3 nitrogen and oxygen atoms in total. The van der Waals surface area contributed by atoms with E-state index in [1.54, 1.807) is 4.90 Å². The molecule has 0 saturated carbocycles. The maximum Gasteiger partial charge on any atom is 0.416 e. The third kappa shape index (κ3) is 4.32. The molecule has 28 heavy (non-hydrogen) atoms. The Morgan fingerprint density at radius 3 is 2.54 bits per heavy atom. The van der Waals surface area contributed by atoms with Gasteiger partial charge in [-0.05, 0) is 43.1 Å². The van der Waals surface area contributed by atoms with Crippen LogP contribution in [0, 0.1) is 17.6 Å². The van der Waals surface area contributed by atoms with Crippen molar-refractivity contribution in [3.05, 3.63) is 70.8 Å². The summed E-state index contributed by atoms with van der Waals surface area (Å²) < 4.78 is 67.4. The molecule has 0 spiro atoms. The van der Waals surface area contributed by atoms with E-state index in [1.165, 1.54) is 18.2 Å². The Morgan fingerprint density at radius 2 is 1.89 bits per heavy atom. The number of aliphatic carboxylic acids is 1. The Bertz CT molecular complexity index is 868. The molecule has 2 aromatic rings. The molecule has 3 rings (SSSR count). The van der Waals surface area contributed by atoms with Gasteiger partial charge in [-0.1, -0.05) is 18.2 Å². The van der Waals surface area contributed by atoms with E-state index in [2.05, 4.69) is 0 Å². The summed E-state index contributed by atoms with van der Waals surface area (Å²) >= 11 is 0. The van der Waals surface area contributed by atoms with Crippen LogP contribution in [0.3, 0.4) is 0 Å². The third-order valence-corrected chi connectivity index (χ3v) is 4.95.